The summed E-state index contributed by atoms with van der Waals surface area (Å²) in [4.78, 5) is 0. The van der Waals surface area contributed by atoms with Crippen molar-refractivity contribution in [3.05, 3.63) is 54.3 Å². The topological polar surface area (TPSA) is 0 Å². The summed E-state index contributed by atoms with van der Waals surface area (Å²) in [6.45, 7) is -5.00. The van der Waals surface area contributed by atoms with Crippen LogP contribution in [0.5, 0.6) is 0 Å². The Bertz CT molecular complexity index is 522. The number of benzene rings is 2. The molecule has 2 aromatic carbocycles. The SMILES string of the molecule is Fc1ccccc1-c1ccc([B-](F)(F)F)cc1.[K+]. The smallest absolute Gasteiger partial charge is 0.445 e. The van der Waals surface area contributed by atoms with E-state index in [1.807, 2.05) is 0 Å². The molecule has 88 valence electrons. The maximum atomic E-state index is 13.4. The maximum absolute atomic E-state index is 13.4. The fourth-order valence-corrected chi connectivity index (χ4v) is 1.58. The van der Waals surface area contributed by atoms with Gasteiger partial charge in [0.25, 0.3) is 0 Å². The van der Waals surface area contributed by atoms with Crippen LogP contribution in [0.15, 0.2) is 48.5 Å². The number of hydrogen-bond acceptors (Lipinski definition) is 0. The van der Waals surface area contributed by atoms with E-state index in [2.05, 4.69) is 0 Å². The van der Waals surface area contributed by atoms with Crippen LogP contribution in [0.25, 0.3) is 11.1 Å². The van der Waals surface area contributed by atoms with Crippen LogP contribution >= 0.6 is 0 Å². The van der Waals surface area contributed by atoms with E-state index in [-0.39, 0.29) is 51.4 Å². The van der Waals surface area contributed by atoms with Crippen molar-refractivity contribution in [1.29, 1.82) is 0 Å². The van der Waals surface area contributed by atoms with Gasteiger partial charge >= 0.3 is 58.4 Å². The van der Waals surface area contributed by atoms with Gasteiger partial charge in [-0.3, -0.25) is 0 Å². The molecule has 0 spiro atoms. The Morgan fingerprint density at radius 1 is 0.778 bits per heavy atom. The van der Waals surface area contributed by atoms with Gasteiger partial charge in [-0.05, 0) is 11.6 Å². The molecule has 18 heavy (non-hydrogen) atoms. The summed E-state index contributed by atoms with van der Waals surface area (Å²) in [5, 5.41) is 0. The van der Waals surface area contributed by atoms with Gasteiger partial charge in [-0.2, -0.15) is 0 Å². The van der Waals surface area contributed by atoms with E-state index in [0.29, 0.717) is 11.1 Å². The van der Waals surface area contributed by atoms with Crippen LogP contribution < -0.4 is 56.8 Å². The molecule has 0 heterocycles. The van der Waals surface area contributed by atoms with Gasteiger partial charge < -0.3 is 12.9 Å². The van der Waals surface area contributed by atoms with Crippen molar-refractivity contribution in [3.8, 4) is 11.1 Å². The predicted molar refractivity (Wildman–Crippen MR) is 60.5 cm³/mol. The molecule has 0 bridgehead atoms. The van der Waals surface area contributed by atoms with Crippen LogP contribution in [-0.4, -0.2) is 6.98 Å². The molecular weight excluding hydrogens is 270 g/mol. The summed E-state index contributed by atoms with van der Waals surface area (Å²) < 4.78 is 50.6. The van der Waals surface area contributed by atoms with Crippen LogP contribution in [0, 0.1) is 5.82 Å². The van der Waals surface area contributed by atoms with Gasteiger partial charge in [0, 0.05) is 5.56 Å². The molecule has 0 radical (unpaired) electrons. The summed E-state index contributed by atoms with van der Waals surface area (Å²) in [7, 11) is 0. The van der Waals surface area contributed by atoms with E-state index >= 15 is 0 Å². The molecular formula is C12H8BF4K. The molecule has 0 fully saturated rings. The summed E-state index contributed by atoms with van der Waals surface area (Å²) >= 11 is 0. The first-order chi connectivity index (χ1) is 7.98. The van der Waals surface area contributed by atoms with E-state index < -0.39 is 18.3 Å². The molecule has 0 saturated carbocycles. The fourth-order valence-electron chi connectivity index (χ4n) is 1.58. The van der Waals surface area contributed by atoms with Crippen LogP contribution in [-0.2, 0) is 0 Å². The van der Waals surface area contributed by atoms with Crippen LogP contribution in [0.1, 0.15) is 0 Å². The van der Waals surface area contributed by atoms with E-state index in [0.717, 1.165) is 12.1 Å². The van der Waals surface area contributed by atoms with Crippen molar-refractivity contribution in [2.75, 3.05) is 0 Å². The summed E-state index contributed by atoms with van der Waals surface area (Å²) in [5.74, 6) is -0.447. The maximum Gasteiger partial charge on any atom is 1.00 e. The molecule has 0 nitrogen and oxygen atoms in total. The first kappa shape index (κ1) is 15.9. The molecule has 0 atom stereocenters. The van der Waals surface area contributed by atoms with Crippen molar-refractivity contribution in [2.24, 2.45) is 0 Å². The second-order valence-corrected chi connectivity index (χ2v) is 3.68. The quantitative estimate of drug-likeness (QED) is 0.556. The van der Waals surface area contributed by atoms with Gasteiger partial charge in [0.15, 0.2) is 0 Å². The Morgan fingerprint density at radius 3 is 1.83 bits per heavy atom. The minimum atomic E-state index is -5.00. The third-order valence-corrected chi connectivity index (χ3v) is 2.47. The van der Waals surface area contributed by atoms with Crippen molar-refractivity contribution in [1.82, 2.24) is 0 Å². The molecule has 0 unspecified atom stereocenters. The monoisotopic (exact) mass is 278 g/mol. The van der Waals surface area contributed by atoms with E-state index in [1.165, 1.54) is 30.3 Å². The van der Waals surface area contributed by atoms with Gasteiger partial charge in [0.1, 0.15) is 5.82 Å². The zero-order valence-corrected chi connectivity index (χ0v) is 12.8. The molecule has 0 aliphatic rings. The molecule has 0 aromatic heterocycles. The van der Waals surface area contributed by atoms with Gasteiger partial charge in [-0.1, -0.05) is 42.5 Å². The van der Waals surface area contributed by atoms with Crippen LogP contribution in [0.2, 0.25) is 0 Å². The van der Waals surface area contributed by atoms with Crippen molar-refractivity contribution < 1.29 is 68.7 Å². The molecule has 6 heteroatoms. The van der Waals surface area contributed by atoms with Gasteiger partial charge in [0.05, 0.1) is 0 Å². The molecule has 2 aromatic rings. The van der Waals surface area contributed by atoms with Crippen LogP contribution in [0.3, 0.4) is 0 Å². The fraction of sp³-hybridized carbons (Fsp3) is 0. The largest absolute Gasteiger partial charge is 1.00 e. The standard InChI is InChI=1S/C12H8BF4.K/c14-12-4-2-1-3-11(12)9-5-7-10(8-6-9)13(15,16)17;/h1-8H;/q-1;+1. The normalized spacial score (nSPS) is 10.9. The Balaban J connectivity index is 0.00000162. The Morgan fingerprint density at radius 2 is 1.33 bits per heavy atom. The third-order valence-electron chi connectivity index (χ3n) is 2.47. The first-order valence-electron chi connectivity index (χ1n) is 5.03. The van der Waals surface area contributed by atoms with E-state index in [4.69, 9.17) is 0 Å². The van der Waals surface area contributed by atoms with Crippen LogP contribution in [0.4, 0.5) is 17.3 Å². The molecule has 0 saturated heterocycles. The van der Waals surface area contributed by atoms with Crippen molar-refractivity contribution >= 4 is 12.4 Å². The molecule has 2 rings (SSSR count). The summed E-state index contributed by atoms with van der Waals surface area (Å²) in [5.41, 5.74) is 0.0608. The average Bonchev–Trinajstić information content (AvgIpc) is 2.29. The van der Waals surface area contributed by atoms with Crippen molar-refractivity contribution in [3.63, 3.8) is 0 Å². The Labute approximate surface area is 145 Å². The van der Waals surface area contributed by atoms with Gasteiger partial charge in [0.2, 0.25) is 0 Å². The summed E-state index contributed by atoms with van der Waals surface area (Å²) in [6.07, 6.45) is 0. The molecule has 0 aliphatic carbocycles. The summed E-state index contributed by atoms with van der Waals surface area (Å²) in [6, 6.07) is 10.5. The number of rotatable bonds is 2. The number of halogens is 4. The zero-order chi connectivity index (χ0) is 12.5. The first-order valence-corrected chi connectivity index (χ1v) is 5.03. The minimum absolute atomic E-state index is 0. The van der Waals surface area contributed by atoms with E-state index in [9.17, 15) is 17.3 Å². The third kappa shape index (κ3) is 3.68. The molecule has 0 aliphatic heterocycles. The number of hydrogen-bond donors (Lipinski definition) is 0. The van der Waals surface area contributed by atoms with E-state index in [1.54, 1.807) is 6.07 Å². The van der Waals surface area contributed by atoms with Gasteiger partial charge in [-0.25, -0.2) is 4.39 Å². The average molecular weight is 278 g/mol. The van der Waals surface area contributed by atoms with Gasteiger partial charge in [-0.15, -0.1) is 5.46 Å². The molecule has 0 N–H and O–H groups in total. The second kappa shape index (κ2) is 6.34. The Hall–Kier alpha value is -0.139. The zero-order valence-electron chi connectivity index (χ0n) is 9.71. The second-order valence-electron chi connectivity index (χ2n) is 3.68. The van der Waals surface area contributed by atoms with Crippen molar-refractivity contribution in [2.45, 2.75) is 0 Å². The molecule has 0 amide bonds. The minimum Gasteiger partial charge on any atom is -0.445 e. The Kier molecular flexibility index (Phi) is 5.61. The predicted octanol–water partition coefficient (Wildman–Crippen LogP) is 0.551.